The first-order valence-corrected chi connectivity index (χ1v) is 9.33. The van der Waals surface area contributed by atoms with E-state index < -0.39 is 6.10 Å². The van der Waals surface area contributed by atoms with Crippen LogP contribution >= 0.6 is 0 Å². The van der Waals surface area contributed by atoms with Crippen LogP contribution in [0.3, 0.4) is 0 Å². The molecule has 4 atom stereocenters. The Bertz CT molecular complexity index is 588. The lowest BCUT2D eigenvalue weighted by Crippen LogP contribution is -2.49. The van der Waals surface area contributed by atoms with Crippen molar-refractivity contribution in [3.05, 3.63) is 18.2 Å². The molecule has 1 aliphatic heterocycles. The van der Waals surface area contributed by atoms with E-state index in [1.807, 2.05) is 22.7 Å². The Morgan fingerprint density at radius 3 is 2.84 bits per heavy atom. The highest BCUT2D eigenvalue weighted by atomic mass is 16.3. The summed E-state index contributed by atoms with van der Waals surface area (Å²) in [6.07, 6.45) is 7.96. The Balaban J connectivity index is 1.54. The van der Waals surface area contributed by atoms with E-state index in [-0.39, 0.29) is 18.0 Å². The maximum atomic E-state index is 12.7. The van der Waals surface area contributed by atoms with E-state index in [0.29, 0.717) is 18.4 Å². The molecule has 1 saturated heterocycles. The molecule has 0 radical (unpaired) electrons. The molecule has 1 aliphatic carbocycles. The van der Waals surface area contributed by atoms with E-state index in [4.69, 9.17) is 0 Å². The lowest BCUT2D eigenvalue weighted by atomic mass is 9.92. The lowest BCUT2D eigenvalue weighted by molar-refractivity contribution is 0.0528. The minimum atomic E-state index is -0.625. The first-order chi connectivity index (χ1) is 12.0. The fourth-order valence-electron chi connectivity index (χ4n) is 4.15. The quantitative estimate of drug-likeness (QED) is 0.861. The molecule has 2 amide bonds. The van der Waals surface area contributed by atoms with Gasteiger partial charge in [0.15, 0.2) is 0 Å². The molecule has 4 unspecified atom stereocenters. The van der Waals surface area contributed by atoms with Crippen molar-refractivity contribution in [2.75, 3.05) is 27.2 Å². The summed E-state index contributed by atoms with van der Waals surface area (Å²) in [7, 11) is 6.09. The van der Waals surface area contributed by atoms with E-state index in [9.17, 15) is 9.90 Å². The topological polar surface area (TPSA) is 73.6 Å². The third kappa shape index (κ3) is 4.15. The van der Waals surface area contributed by atoms with Crippen LogP contribution in [0.15, 0.2) is 12.4 Å². The highest BCUT2D eigenvalue weighted by molar-refractivity contribution is 5.74. The number of aliphatic hydroxyl groups is 1. The molecule has 3 rings (SSSR count). The Morgan fingerprint density at radius 1 is 1.40 bits per heavy atom. The monoisotopic (exact) mass is 349 g/mol. The van der Waals surface area contributed by atoms with Gasteiger partial charge in [-0.3, -0.25) is 0 Å². The molecule has 1 aromatic rings. The second kappa shape index (κ2) is 7.74. The van der Waals surface area contributed by atoms with Crippen LogP contribution in [-0.2, 0) is 7.05 Å². The molecular formula is C18H31N5O2. The van der Waals surface area contributed by atoms with Gasteiger partial charge in [0.25, 0.3) is 0 Å². The number of aliphatic hydroxyl groups excluding tert-OH is 1. The number of piperidine rings is 1. The van der Waals surface area contributed by atoms with Gasteiger partial charge in [-0.05, 0) is 46.2 Å². The van der Waals surface area contributed by atoms with Gasteiger partial charge in [-0.25, -0.2) is 9.78 Å². The molecule has 7 heteroatoms. The van der Waals surface area contributed by atoms with Gasteiger partial charge in [0.2, 0.25) is 0 Å². The van der Waals surface area contributed by atoms with Gasteiger partial charge < -0.3 is 24.8 Å². The van der Waals surface area contributed by atoms with Crippen LogP contribution in [0.4, 0.5) is 4.79 Å². The SMILES string of the molecule is CN(C)C1CCC(NC(=O)N2CCCC(C(O)c3nccn3C)C2)C1. The zero-order valence-corrected chi connectivity index (χ0v) is 15.6. The smallest absolute Gasteiger partial charge is 0.317 e. The second-order valence-corrected chi connectivity index (χ2v) is 7.77. The summed E-state index contributed by atoms with van der Waals surface area (Å²) >= 11 is 0. The number of carbonyl (C=O) groups is 1. The Hall–Kier alpha value is -1.60. The predicted molar refractivity (Wildman–Crippen MR) is 96.1 cm³/mol. The van der Waals surface area contributed by atoms with Crippen molar-refractivity contribution in [3.8, 4) is 0 Å². The molecule has 25 heavy (non-hydrogen) atoms. The van der Waals surface area contributed by atoms with Crippen LogP contribution in [0, 0.1) is 5.92 Å². The predicted octanol–water partition coefficient (Wildman–Crippen LogP) is 1.36. The van der Waals surface area contributed by atoms with Crippen LogP contribution in [0.25, 0.3) is 0 Å². The number of amides is 2. The Kier molecular flexibility index (Phi) is 5.64. The maximum absolute atomic E-state index is 12.7. The number of carbonyl (C=O) groups excluding carboxylic acids is 1. The molecular weight excluding hydrogens is 318 g/mol. The first-order valence-electron chi connectivity index (χ1n) is 9.33. The van der Waals surface area contributed by atoms with Crippen LogP contribution in [-0.4, -0.2) is 69.8 Å². The molecule has 0 aromatic carbocycles. The number of hydrogen-bond acceptors (Lipinski definition) is 4. The molecule has 2 heterocycles. The van der Waals surface area contributed by atoms with E-state index in [1.165, 1.54) is 0 Å². The highest BCUT2D eigenvalue weighted by Gasteiger charge is 2.33. The van der Waals surface area contributed by atoms with E-state index in [1.54, 1.807) is 6.20 Å². The zero-order valence-electron chi connectivity index (χ0n) is 15.6. The standard InChI is InChI=1S/C18H31N5O2/c1-21(2)15-7-6-14(11-15)20-18(25)23-9-4-5-13(12-23)16(24)17-19-8-10-22(17)3/h8,10,13-16,24H,4-7,9,11-12H2,1-3H3,(H,20,25). The van der Waals surface area contributed by atoms with Crippen molar-refractivity contribution in [3.63, 3.8) is 0 Å². The Morgan fingerprint density at radius 2 is 2.20 bits per heavy atom. The fraction of sp³-hybridized carbons (Fsp3) is 0.778. The van der Waals surface area contributed by atoms with Gasteiger partial charge in [-0.2, -0.15) is 0 Å². The van der Waals surface area contributed by atoms with Crippen LogP contribution in [0.2, 0.25) is 0 Å². The van der Waals surface area contributed by atoms with Crippen LogP contribution in [0.5, 0.6) is 0 Å². The molecule has 1 aromatic heterocycles. The van der Waals surface area contributed by atoms with E-state index in [0.717, 1.165) is 38.6 Å². The van der Waals surface area contributed by atoms with Crippen molar-refractivity contribution in [2.45, 2.75) is 50.3 Å². The molecule has 0 bridgehead atoms. The second-order valence-electron chi connectivity index (χ2n) is 7.77. The minimum absolute atomic E-state index is 0.0150. The van der Waals surface area contributed by atoms with Gasteiger partial charge in [0, 0.05) is 50.5 Å². The minimum Gasteiger partial charge on any atom is -0.385 e. The number of nitrogens with zero attached hydrogens (tertiary/aromatic N) is 4. The van der Waals surface area contributed by atoms with Crippen molar-refractivity contribution in [2.24, 2.45) is 13.0 Å². The first kappa shape index (κ1) is 18.2. The molecule has 2 aliphatic rings. The number of likely N-dealkylation sites (tertiary alicyclic amines) is 1. The third-order valence-electron chi connectivity index (χ3n) is 5.78. The van der Waals surface area contributed by atoms with E-state index in [2.05, 4.69) is 29.3 Å². The number of rotatable bonds is 4. The average Bonchev–Trinajstić information content (AvgIpc) is 3.23. The number of imidazole rings is 1. The van der Waals surface area contributed by atoms with Gasteiger partial charge in [-0.1, -0.05) is 0 Å². The summed E-state index contributed by atoms with van der Waals surface area (Å²) in [4.78, 5) is 21.0. The molecule has 140 valence electrons. The van der Waals surface area contributed by atoms with Gasteiger partial charge in [-0.15, -0.1) is 0 Å². The van der Waals surface area contributed by atoms with Gasteiger partial charge in [0.1, 0.15) is 11.9 Å². The van der Waals surface area contributed by atoms with Crippen molar-refractivity contribution < 1.29 is 9.90 Å². The maximum Gasteiger partial charge on any atom is 0.317 e. The third-order valence-corrected chi connectivity index (χ3v) is 5.78. The molecule has 1 saturated carbocycles. The molecule has 2 N–H and O–H groups in total. The van der Waals surface area contributed by atoms with Gasteiger partial charge >= 0.3 is 6.03 Å². The number of aryl methyl sites for hydroxylation is 1. The largest absolute Gasteiger partial charge is 0.385 e. The van der Waals surface area contributed by atoms with Crippen LogP contribution < -0.4 is 5.32 Å². The molecule has 0 spiro atoms. The Labute approximate surface area is 150 Å². The summed E-state index contributed by atoms with van der Waals surface area (Å²) in [5.41, 5.74) is 0. The van der Waals surface area contributed by atoms with Crippen molar-refractivity contribution >= 4 is 6.03 Å². The summed E-state index contributed by atoms with van der Waals surface area (Å²) in [6.45, 7) is 1.35. The number of hydrogen-bond donors (Lipinski definition) is 2. The number of urea groups is 1. The van der Waals surface area contributed by atoms with E-state index >= 15 is 0 Å². The van der Waals surface area contributed by atoms with Gasteiger partial charge in [0.05, 0.1) is 0 Å². The van der Waals surface area contributed by atoms with Crippen molar-refractivity contribution in [1.29, 1.82) is 0 Å². The molecule has 7 nitrogen and oxygen atoms in total. The number of aromatic nitrogens is 2. The fourth-order valence-corrected chi connectivity index (χ4v) is 4.15. The summed E-state index contributed by atoms with van der Waals surface area (Å²) in [6, 6.07) is 0.838. The summed E-state index contributed by atoms with van der Waals surface area (Å²) < 4.78 is 1.85. The summed E-state index contributed by atoms with van der Waals surface area (Å²) in [5.74, 6) is 0.718. The molecule has 2 fully saturated rings. The normalized spacial score (nSPS) is 28.4. The lowest BCUT2D eigenvalue weighted by Gasteiger charge is -2.35. The summed E-state index contributed by atoms with van der Waals surface area (Å²) in [5, 5.41) is 13.8. The van der Waals surface area contributed by atoms with Crippen LogP contribution in [0.1, 0.15) is 44.0 Å². The zero-order chi connectivity index (χ0) is 18.0. The van der Waals surface area contributed by atoms with Crippen molar-refractivity contribution in [1.82, 2.24) is 24.7 Å². The average molecular weight is 349 g/mol. The highest BCUT2D eigenvalue weighted by Crippen LogP contribution is 2.29. The number of nitrogens with one attached hydrogen (secondary N) is 1.